The molecule has 0 aliphatic carbocycles. The summed E-state index contributed by atoms with van der Waals surface area (Å²) in [6.07, 6.45) is 1.98. The van der Waals surface area contributed by atoms with E-state index in [1.54, 1.807) is 0 Å². The fourth-order valence-corrected chi connectivity index (χ4v) is 3.59. The highest BCUT2D eigenvalue weighted by Crippen LogP contribution is 2.23. The Balaban J connectivity index is 1.35. The number of rotatable bonds is 5. The van der Waals surface area contributed by atoms with Crippen LogP contribution in [0.1, 0.15) is 16.7 Å². The van der Waals surface area contributed by atoms with Gasteiger partial charge in [-0.1, -0.05) is 60.2 Å². The van der Waals surface area contributed by atoms with Gasteiger partial charge in [-0.05, 0) is 18.1 Å². The molecule has 2 aromatic carbocycles. The van der Waals surface area contributed by atoms with Crippen molar-refractivity contribution in [3.05, 3.63) is 77.5 Å². The van der Waals surface area contributed by atoms with E-state index in [4.69, 9.17) is 0 Å². The maximum atomic E-state index is 4.30. The fraction of sp³-hybridized carbons (Fsp3) is 0.318. The van der Waals surface area contributed by atoms with Gasteiger partial charge < -0.3 is 0 Å². The minimum absolute atomic E-state index is 0.957. The quantitative estimate of drug-likeness (QED) is 0.765. The van der Waals surface area contributed by atoms with Crippen LogP contribution in [0.3, 0.4) is 0 Å². The molecule has 1 saturated heterocycles. The summed E-state index contributed by atoms with van der Waals surface area (Å²) in [6.45, 7) is 8.57. The van der Waals surface area contributed by atoms with Crippen LogP contribution in [0.5, 0.6) is 0 Å². The van der Waals surface area contributed by atoms with E-state index in [-0.39, 0.29) is 0 Å². The van der Waals surface area contributed by atoms with Crippen LogP contribution in [-0.4, -0.2) is 46.2 Å². The van der Waals surface area contributed by atoms with Gasteiger partial charge in [-0.25, -0.2) is 0 Å². The molecule has 0 spiro atoms. The first-order valence-corrected chi connectivity index (χ1v) is 9.36. The van der Waals surface area contributed by atoms with Gasteiger partial charge in [0.2, 0.25) is 0 Å². The lowest BCUT2D eigenvalue weighted by Crippen LogP contribution is -2.45. The van der Waals surface area contributed by atoms with Gasteiger partial charge in [0.05, 0.1) is 11.9 Å². The van der Waals surface area contributed by atoms with Crippen molar-refractivity contribution in [2.45, 2.75) is 20.0 Å². The van der Waals surface area contributed by atoms with Crippen molar-refractivity contribution >= 4 is 0 Å². The zero-order chi connectivity index (χ0) is 17.8. The maximum Gasteiger partial charge on any atom is 0.0695 e. The molecule has 0 amide bonds. The molecule has 4 nitrogen and oxygen atoms in total. The van der Waals surface area contributed by atoms with E-state index in [0.29, 0.717) is 0 Å². The van der Waals surface area contributed by atoms with Gasteiger partial charge in [0.1, 0.15) is 0 Å². The summed E-state index contributed by atoms with van der Waals surface area (Å²) in [6, 6.07) is 19.4. The predicted octanol–water partition coefficient (Wildman–Crippen LogP) is 3.70. The lowest BCUT2D eigenvalue weighted by molar-refractivity contribution is 0.122. The second-order valence-corrected chi connectivity index (χ2v) is 7.17. The number of nitrogens with one attached hydrogen (secondary N) is 1. The number of aromatic amines is 1. The minimum atomic E-state index is 0.957. The Morgan fingerprint density at radius 3 is 2.19 bits per heavy atom. The third kappa shape index (κ3) is 4.03. The van der Waals surface area contributed by atoms with Gasteiger partial charge in [0.25, 0.3) is 0 Å². The molecule has 4 rings (SSSR count). The maximum absolute atomic E-state index is 4.30. The van der Waals surface area contributed by atoms with Gasteiger partial charge in [-0.15, -0.1) is 0 Å². The van der Waals surface area contributed by atoms with E-state index in [1.165, 1.54) is 22.3 Å². The number of nitrogens with zero attached hydrogens (tertiary/aromatic N) is 3. The van der Waals surface area contributed by atoms with E-state index < -0.39 is 0 Å². The third-order valence-corrected chi connectivity index (χ3v) is 5.17. The number of hydrogen-bond donors (Lipinski definition) is 1. The smallest absolute Gasteiger partial charge is 0.0695 e. The van der Waals surface area contributed by atoms with Crippen molar-refractivity contribution in [3.63, 3.8) is 0 Å². The van der Waals surface area contributed by atoms with E-state index in [2.05, 4.69) is 81.5 Å². The van der Waals surface area contributed by atoms with Gasteiger partial charge in [-0.3, -0.25) is 14.9 Å². The summed E-state index contributed by atoms with van der Waals surface area (Å²) in [5, 5.41) is 7.48. The Bertz CT molecular complexity index is 815. The number of H-pyrrole nitrogens is 1. The Morgan fingerprint density at radius 2 is 1.50 bits per heavy atom. The van der Waals surface area contributed by atoms with Crippen LogP contribution in [-0.2, 0) is 13.1 Å². The molecule has 0 unspecified atom stereocenters. The van der Waals surface area contributed by atoms with Gasteiger partial charge in [0.15, 0.2) is 0 Å². The van der Waals surface area contributed by atoms with E-state index in [0.717, 1.165) is 45.0 Å². The van der Waals surface area contributed by atoms with Gasteiger partial charge in [0, 0.05) is 44.8 Å². The Labute approximate surface area is 155 Å². The molecule has 0 bridgehead atoms. The Hall–Kier alpha value is -2.43. The van der Waals surface area contributed by atoms with Crippen molar-refractivity contribution < 1.29 is 0 Å². The van der Waals surface area contributed by atoms with Crippen LogP contribution in [0.25, 0.3) is 11.3 Å². The van der Waals surface area contributed by atoms with Crippen molar-refractivity contribution in [1.82, 2.24) is 20.0 Å². The van der Waals surface area contributed by atoms with Crippen molar-refractivity contribution in [2.24, 2.45) is 0 Å². The molecule has 0 radical (unpaired) electrons. The Morgan fingerprint density at radius 1 is 0.846 bits per heavy atom. The number of benzene rings is 2. The summed E-state index contributed by atoms with van der Waals surface area (Å²) in [5.74, 6) is 0. The average Bonchev–Trinajstić information content (AvgIpc) is 3.13. The lowest BCUT2D eigenvalue weighted by atomic mass is 10.1. The van der Waals surface area contributed by atoms with Crippen molar-refractivity contribution in [3.8, 4) is 11.3 Å². The van der Waals surface area contributed by atoms with Gasteiger partial charge >= 0.3 is 0 Å². The number of hydrogen-bond acceptors (Lipinski definition) is 3. The summed E-state index contributed by atoms with van der Waals surface area (Å²) in [4.78, 5) is 5.08. The largest absolute Gasteiger partial charge is 0.297 e. The second kappa shape index (κ2) is 7.85. The molecule has 2 heterocycles. The van der Waals surface area contributed by atoms with E-state index in [9.17, 15) is 0 Å². The summed E-state index contributed by atoms with van der Waals surface area (Å²) in [5.41, 5.74) is 6.33. The first kappa shape index (κ1) is 17.0. The zero-order valence-corrected chi connectivity index (χ0v) is 15.4. The predicted molar refractivity (Wildman–Crippen MR) is 106 cm³/mol. The topological polar surface area (TPSA) is 35.2 Å². The molecule has 26 heavy (non-hydrogen) atoms. The van der Waals surface area contributed by atoms with Crippen LogP contribution in [0.15, 0.2) is 60.8 Å². The second-order valence-electron chi connectivity index (χ2n) is 7.17. The van der Waals surface area contributed by atoms with Crippen LogP contribution in [0.2, 0.25) is 0 Å². The SMILES string of the molecule is Cc1ccc(-c2[nH]ncc2CN2CCN(Cc3ccccc3)CC2)cc1. The van der Waals surface area contributed by atoms with Gasteiger partial charge in [-0.2, -0.15) is 5.10 Å². The van der Waals surface area contributed by atoms with Crippen molar-refractivity contribution in [1.29, 1.82) is 0 Å². The van der Waals surface area contributed by atoms with E-state index in [1.807, 2.05) is 6.20 Å². The molecule has 1 N–H and O–H groups in total. The highest BCUT2D eigenvalue weighted by Gasteiger charge is 2.19. The fourth-order valence-electron chi connectivity index (χ4n) is 3.59. The Kier molecular flexibility index (Phi) is 5.14. The molecule has 1 aliphatic rings. The minimum Gasteiger partial charge on any atom is -0.297 e. The first-order chi connectivity index (χ1) is 12.8. The van der Waals surface area contributed by atoms with Crippen LogP contribution >= 0.6 is 0 Å². The van der Waals surface area contributed by atoms with Crippen LogP contribution in [0, 0.1) is 6.92 Å². The molecule has 0 saturated carbocycles. The normalized spacial score (nSPS) is 16.0. The molecule has 134 valence electrons. The number of aromatic nitrogens is 2. The molecular formula is C22H26N4. The molecule has 1 fully saturated rings. The van der Waals surface area contributed by atoms with Crippen LogP contribution < -0.4 is 0 Å². The summed E-state index contributed by atoms with van der Waals surface area (Å²) < 4.78 is 0. The summed E-state index contributed by atoms with van der Waals surface area (Å²) >= 11 is 0. The molecule has 0 atom stereocenters. The molecule has 1 aromatic heterocycles. The van der Waals surface area contributed by atoms with E-state index >= 15 is 0 Å². The lowest BCUT2D eigenvalue weighted by Gasteiger charge is -2.34. The first-order valence-electron chi connectivity index (χ1n) is 9.36. The average molecular weight is 346 g/mol. The molecular weight excluding hydrogens is 320 g/mol. The zero-order valence-electron chi connectivity index (χ0n) is 15.4. The third-order valence-electron chi connectivity index (χ3n) is 5.17. The monoisotopic (exact) mass is 346 g/mol. The summed E-state index contributed by atoms with van der Waals surface area (Å²) in [7, 11) is 0. The number of aryl methyl sites for hydroxylation is 1. The number of piperazine rings is 1. The highest BCUT2D eigenvalue weighted by molar-refractivity contribution is 5.62. The van der Waals surface area contributed by atoms with Crippen molar-refractivity contribution in [2.75, 3.05) is 26.2 Å². The standard InChI is InChI=1S/C22H26N4/c1-18-7-9-20(10-8-18)22-21(15-23-24-22)17-26-13-11-25(12-14-26)16-19-5-3-2-4-6-19/h2-10,15H,11-14,16-17H2,1H3,(H,23,24). The molecule has 4 heteroatoms. The highest BCUT2D eigenvalue weighted by atomic mass is 15.3. The molecule has 1 aliphatic heterocycles. The van der Waals surface area contributed by atoms with Crippen LogP contribution in [0.4, 0.5) is 0 Å². The molecule has 3 aromatic rings.